The Morgan fingerprint density at radius 2 is 2.05 bits per heavy atom. The van der Waals surface area contributed by atoms with Gasteiger partial charge >= 0.3 is 0 Å². The van der Waals surface area contributed by atoms with E-state index in [0.717, 1.165) is 25.4 Å². The summed E-state index contributed by atoms with van der Waals surface area (Å²) in [6.45, 7) is 15.4. The Morgan fingerprint density at radius 1 is 1.37 bits per heavy atom. The highest BCUT2D eigenvalue weighted by atomic mass is 16.3. The normalized spacial score (nSPS) is 25.3. The summed E-state index contributed by atoms with van der Waals surface area (Å²) in [5.74, 6) is 0.732. The molecular weight excluding hydrogens is 236 g/mol. The molecule has 3 atom stereocenters. The van der Waals surface area contributed by atoms with Crippen LogP contribution in [0.5, 0.6) is 0 Å². The highest BCUT2D eigenvalue weighted by Crippen LogP contribution is 2.22. The van der Waals surface area contributed by atoms with Crippen molar-refractivity contribution in [3.05, 3.63) is 0 Å². The van der Waals surface area contributed by atoms with Gasteiger partial charge in [0.15, 0.2) is 0 Å². The molecule has 0 aliphatic carbocycles. The average molecular weight is 270 g/mol. The van der Waals surface area contributed by atoms with Gasteiger partial charge in [0.05, 0.1) is 6.10 Å². The molecule has 0 aromatic carbocycles. The van der Waals surface area contributed by atoms with Gasteiger partial charge in [-0.3, -0.25) is 0 Å². The van der Waals surface area contributed by atoms with Crippen molar-refractivity contribution in [1.29, 1.82) is 0 Å². The van der Waals surface area contributed by atoms with Crippen LogP contribution >= 0.6 is 0 Å². The third kappa shape index (κ3) is 6.73. The van der Waals surface area contributed by atoms with E-state index in [1.165, 1.54) is 25.9 Å². The zero-order valence-electron chi connectivity index (χ0n) is 13.6. The van der Waals surface area contributed by atoms with Crippen LogP contribution in [0.3, 0.4) is 0 Å². The minimum absolute atomic E-state index is 0.203. The van der Waals surface area contributed by atoms with Gasteiger partial charge in [0.2, 0.25) is 0 Å². The molecule has 114 valence electrons. The number of hydrogen-bond donors (Lipinski definition) is 2. The molecule has 0 amide bonds. The molecule has 0 spiro atoms. The van der Waals surface area contributed by atoms with E-state index in [1.807, 2.05) is 0 Å². The minimum Gasteiger partial charge on any atom is -0.392 e. The lowest BCUT2D eigenvalue weighted by atomic mass is 9.88. The lowest BCUT2D eigenvalue weighted by Gasteiger charge is -2.36. The molecule has 1 saturated heterocycles. The molecule has 0 aromatic heterocycles. The van der Waals surface area contributed by atoms with Gasteiger partial charge in [-0.25, -0.2) is 0 Å². The van der Waals surface area contributed by atoms with Crippen LogP contribution in [0.25, 0.3) is 0 Å². The van der Waals surface area contributed by atoms with Crippen LogP contribution in [0.1, 0.15) is 53.9 Å². The van der Waals surface area contributed by atoms with Crippen molar-refractivity contribution in [2.75, 3.05) is 26.2 Å². The second kappa shape index (κ2) is 7.61. The number of aliphatic hydroxyl groups excluding tert-OH is 1. The van der Waals surface area contributed by atoms with E-state index in [2.05, 4.69) is 44.8 Å². The molecule has 1 rings (SSSR count). The summed E-state index contributed by atoms with van der Waals surface area (Å²) in [4.78, 5) is 2.54. The first-order chi connectivity index (χ1) is 8.81. The molecule has 2 N–H and O–H groups in total. The van der Waals surface area contributed by atoms with Crippen molar-refractivity contribution >= 4 is 0 Å². The van der Waals surface area contributed by atoms with E-state index in [0.29, 0.717) is 6.04 Å². The molecule has 3 nitrogen and oxygen atoms in total. The van der Waals surface area contributed by atoms with E-state index < -0.39 is 0 Å². The number of nitrogens with one attached hydrogen (secondary N) is 1. The van der Waals surface area contributed by atoms with Crippen molar-refractivity contribution in [2.24, 2.45) is 11.3 Å². The Morgan fingerprint density at radius 3 is 2.63 bits per heavy atom. The second-order valence-corrected chi connectivity index (χ2v) is 7.41. The van der Waals surface area contributed by atoms with Gasteiger partial charge in [0.25, 0.3) is 0 Å². The quantitative estimate of drug-likeness (QED) is 0.778. The maximum absolute atomic E-state index is 10.1. The number of hydrogen-bond acceptors (Lipinski definition) is 3. The molecule has 0 aromatic rings. The molecule has 1 aliphatic heterocycles. The molecule has 0 saturated carbocycles. The highest BCUT2D eigenvalue weighted by Gasteiger charge is 2.24. The minimum atomic E-state index is -0.228. The molecule has 3 unspecified atom stereocenters. The van der Waals surface area contributed by atoms with Gasteiger partial charge in [-0.05, 0) is 50.6 Å². The lowest BCUT2D eigenvalue weighted by Crippen LogP contribution is -2.46. The molecule has 0 bridgehead atoms. The number of likely N-dealkylation sites (tertiary alicyclic amines) is 1. The third-order valence-electron chi connectivity index (χ3n) is 4.22. The monoisotopic (exact) mass is 270 g/mol. The van der Waals surface area contributed by atoms with E-state index >= 15 is 0 Å². The standard InChI is InChI=1S/C16H34N2O/c1-6-18-9-7-8-14(12-18)13(2)17-11-15(19)10-16(3,4)5/h13-15,17,19H,6-12H2,1-5H3. The maximum Gasteiger partial charge on any atom is 0.0669 e. The zero-order valence-corrected chi connectivity index (χ0v) is 13.6. The van der Waals surface area contributed by atoms with Crippen LogP contribution in [0, 0.1) is 11.3 Å². The Kier molecular flexibility index (Phi) is 6.78. The molecule has 1 fully saturated rings. The van der Waals surface area contributed by atoms with Crippen LogP contribution in [0.15, 0.2) is 0 Å². The first-order valence-electron chi connectivity index (χ1n) is 7.95. The third-order valence-corrected chi connectivity index (χ3v) is 4.22. The first-order valence-corrected chi connectivity index (χ1v) is 7.95. The second-order valence-electron chi connectivity index (χ2n) is 7.41. The fourth-order valence-electron chi connectivity index (χ4n) is 3.05. The Bertz CT molecular complexity index is 250. The Hall–Kier alpha value is -0.120. The summed E-state index contributed by atoms with van der Waals surface area (Å²) in [7, 11) is 0. The van der Waals surface area contributed by atoms with Crippen molar-refractivity contribution < 1.29 is 5.11 Å². The van der Waals surface area contributed by atoms with Crippen molar-refractivity contribution in [3.63, 3.8) is 0 Å². The first kappa shape index (κ1) is 16.9. The lowest BCUT2D eigenvalue weighted by molar-refractivity contribution is 0.106. The molecule has 0 radical (unpaired) electrons. The maximum atomic E-state index is 10.1. The molecule has 3 heteroatoms. The molecular formula is C16H34N2O. The average Bonchev–Trinajstić information content (AvgIpc) is 2.34. The van der Waals surface area contributed by atoms with Gasteiger partial charge < -0.3 is 15.3 Å². The fraction of sp³-hybridized carbons (Fsp3) is 1.00. The Balaban J connectivity index is 2.28. The number of piperidine rings is 1. The van der Waals surface area contributed by atoms with Gasteiger partial charge in [0, 0.05) is 19.1 Å². The smallest absolute Gasteiger partial charge is 0.0669 e. The summed E-state index contributed by atoms with van der Waals surface area (Å²) in [5, 5.41) is 13.6. The van der Waals surface area contributed by atoms with Crippen LogP contribution in [0.2, 0.25) is 0 Å². The van der Waals surface area contributed by atoms with E-state index in [9.17, 15) is 5.11 Å². The van der Waals surface area contributed by atoms with E-state index in [1.54, 1.807) is 0 Å². The largest absolute Gasteiger partial charge is 0.392 e. The molecule has 1 heterocycles. The predicted octanol–water partition coefficient (Wildman–Crippen LogP) is 2.49. The summed E-state index contributed by atoms with van der Waals surface area (Å²) in [6.07, 6.45) is 3.27. The Labute approximate surface area is 119 Å². The van der Waals surface area contributed by atoms with Crippen molar-refractivity contribution in [2.45, 2.75) is 66.0 Å². The number of rotatable bonds is 6. The summed E-state index contributed by atoms with van der Waals surface area (Å²) in [5.41, 5.74) is 0.203. The molecule has 1 aliphatic rings. The van der Waals surface area contributed by atoms with Crippen molar-refractivity contribution in [3.8, 4) is 0 Å². The predicted molar refractivity (Wildman–Crippen MR) is 82.4 cm³/mol. The summed E-state index contributed by atoms with van der Waals surface area (Å²) >= 11 is 0. The summed E-state index contributed by atoms with van der Waals surface area (Å²) < 4.78 is 0. The van der Waals surface area contributed by atoms with Gasteiger partial charge in [-0.2, -0.15) is 0 Å². The van der Waals surface area contributed by atoms with Gasteiger partial charge in [-0.15, -0.1) is 0 Å². The van der Waals surface area contributed by atoms with E-state index in [-0.39, 0.29) is 11.5 Å². The fourth-order valence-corrected chi connectivity index (χ4v) is 3.05. The van der Waals surface area contributed by atoms with Crippen LogP contribution in [-0.4, -0.2) is 48.3 Å². The van der Waals surface area contributed by atoms with Gasteiger partial charge in [-0.1, -0.05) is 27.7 Å². The van der Waals surface area contributed by atoms with Crippen LogP contribution < -0.4 is 5.32 Å². The van der Waals surface area contributed by atoms with E-state index in [4.69, 9.17) is 0 Å². The SMILES string of the molecule is CCN1CCCC(C(C)NCC(O)CC(C)(C)C)C1. The summed E-state index contributed by atoms with van der Waals surface area (Å²) in [6, 6.07) is 0.504. The topological polar surface area (TPSA) is 35.5 Å². The highest BCUT2D eigenvalue weighted by molar-refractivity contribution is 4.81. The number of nitrogens with zero attached hydrogens (tertiary/aromatic N) is 1. The van der Waals surface area contributed by atoms with Gasteiger partial charge in [0.1, 0.15) is 0 Å². The molecule has 19 heavy (non-hydrogen) atoms. The van der Waals surface area contributed by atoms with Crippen LogP contribution in [-0.2, 0) is 0 Å². The van der Waals surface area contributed by atoms with Crippen molar-refractivity contribution in [1.82, 2.24) is 10.2 Å². The van der Waals surface area contributed by atoms with Crippen LogP contribution in [0.4, 0.5) is 0 Å². The number of aliphatic hydroxyl groups is 1. The zero-order chi connectivity index (χ0) is 14.5.